The summed E-state index contributed by atoms with van der Waals surface area (Å²) in [5.74, 6) is 1.83. The highest BCUT2D eigenvalue weighted by Gasteiger charge is 2.26. The smallest absolute Gasteiger partial charge is 0.253 e. The van der Waals surface area contributed by atoms with E-state index in [4.69, 9.17) is 0 Å². The van der Waals surface area contributed by atoms with E-state index in [0.717, 1.165) is 56.7 Å². The highest BCUT2D eigenvalue weighted by Crippen LogP contribution is 2.25. The molecule has 5 nitrogen and oxygen atoms in total. The van der Waals surface area contributed by atoms with Crippen molar-refractivity contribution in [3.8, 4) is 0 Å². The van der Waals surface area contributed by atoms with Crippen LogP contribution >= 0.6 is 12.4 Å². The number of amides is 2. The lowest BCUT2D eigenvalue weighted by atomic mass is 9.91. The molecule has 2 unspecified atom stereocenters. The summed E-state index contributed by atoms with van der Waals surface area (Å²) in [6.07, 6.45) is 4.97. The van der Waals surface area contributed by atoms with E-state index in [1.54, 1.807) is 0 Å². The quantitative estimate of drug-likeness (QED) is 0.746. The van der Waals surface area contributed by atoms with Gasteiger partial charge in [-0.3, -0.25) is 9.59 Å². The van der Waals surface area contributed by atoms with Gasteiger partial charge in [0, 0.05) is 30.8 Å². The third-order valence-corrected chi connectivity index (χ3v) is 6.15. The van der Waals surface area contributed by atoms with Gasteiger partial charge >= 0.3 is 0 Å². The van der Waals surface area contributed by atoms with Gasteiger partial charge in [0.15, 0.2) is 0 Å². The third kappa shape index (κ3) is 6.71. The van der Waals surface area contributed by atoms with Crippen LogP contribution in [0.15, 0.2) is 18.2 Å². The summed E-state index contributed by atoms with van der Waals surface area (Å²) < 4.78 is 0. The number of carbonyl (C=O) groups excluding carboxylic acids is 2. The van der Waals surface area contributed by atoms with Crippen LogP contribution in [0.1, 0.15) is 61.9 Å². The van der Waals surface area contributed by atoms with Gasteiger partial charge in [0.1, 0.15) is 0 Å². The van der Waals surface area contributed by atoms with Crippen LogP contribution < -0.4 is 10.6 Å². The molecule has 29 heavy (non-hydrogen) atoms. The van der Waals surface area contributed by atoms with E-state index >= 15 is 0 Å². The molecule has 1 aromatic carbocycles. The molecule has 0 aromatic heterocycles. The zero-order valence-corrected chi connectivity index (χ0v) is 18.8. The number of anilines is 1. The number of nitrogens with zero attached hydrogens (tertiary/aromatic N) is 1. The van der Waals surface area contributed by atoms with E-state index < -0.39 is 0 Å². The Morgan fingerprint density at radius 2 is 1.79 bits per heavy atom. The number of likely N-dealkylation sites (tertiary alicyclic amines) is 1. The molecule has 0 aliphatic carbocycles. The fraction of sp³-hybridized carbons (Fsp3) is 0.652. The second-order valence-corrected chi connectivity index (χ2v) is 8.97. The SMILES string of the molecule is Cc1ccc(C(=O)N2CC(C)CC(C)C2)cc1NC(=O)CCC1CCNCC1.Cl. The maximum atomic E-state index is 13.0. The first-order valence-corrected chi connectivity index (χ1v) is 10.8. The summed E-state index contributed by atoms with van der Waals surface area (Å²) >= 11 is 0. The summed E-state index contributed by atoms with van der Waals surface area (Å²) in [7, 11) is 0. The number of carbonyl (C=O) groups is 2. The topological polar surface area (TPSA) is 61.4 Å². The molecule has 2 aliphatic rings. The molecule has 2 saturated heterocycles. The highest BCUT2D eigenvalue weighted by molar-refractivity contribution is 5.97. The van der Waals surface area contributed by atoms with Gasteiger partial charge in [-0.2, -0.15) is 0 Å². The number of halogens is 1. The molecule has 0 bridgehead atoms. The highest BCUT2D eigenvalue weighted by atomic mass is 35.5. The van der Waals surface area contributed by atoms with Crippen molar-refractivity contribution in [2.75, 3.05) is 31.5 Å². The van der Waals surface area contributed by atoms with Gasteiger partial charge in [0.05, 0.1) is 0 Å². The minimum absolute atomic E-state index is 0. The molecule has 162 valence electrons. The molecule has 2 heterocycles. The first kappa shape index (κ1) is 23.7. The molecule has 1 aromatic rings. The van der Waals surface area contributed by atoms with Gasteiger partial charge in [-0.1, -0.05) is 19.9 Å². The Balaban J connectivity index is 0.00000300. The lowest BCUT2D eigenvalue weighted by molar-refractivity contribution is -0.116. The fourth-order valence-electron chi connectivity index (χ4n) is 4.62. The Hall–Kier alpha value is -1.59. The lowest BCUT2D eigenvalue weighted by Crippen LogP contribution is -2.42. The van der Waals surface area contributed by atoms with Crippen LogP contribution in [-0.2, 0) is 4.79 Å². The standard InChI is InChI=1S/C23H35N3O2.ClH/c1-16-12-17(2)15-26(14-16)23(28)20-6-4-18(3)21(13-20)25-22(27)7-5-19-8-10-24-11-9-19;/h4,6,13,16-17,19,24H,5,7-12,14-15H2,1-3H3,(H,25,27);1H. The van der Waals surface area contributed by atoms with Crippen LogP contribution in [0.2, 0.25) is 0 Å². The van der Waals surface area contributed by atoms with E-state index in [1.165, 1.54) is 6.42 Å². The molecular formula is C23H36ClN3O2. The Labute approximate surface area is 181 Å². The Morgan fingerprint density at radius 1 is 1.14 bits per heavy atom. The molecule has 2 N–H and O–H groups in total. The van der Waals surface area contributed by atoms with Gasteiger partial charge < -0.3 is 15.5 Å². The number of rotatable bonds is 5. The van der Waals surface area contributed by atoms with Crippen molar-refractivity contribution in [3.63, 3.8) is 0 Å². The van der Waals surface area contributed by atoms with Crippen LogP contribution in [0, 0.1) is 24.7 Å². The Morgan fingerprint density at radius 3 is 2.45 bits per heavy atom. The molecule has 2 aliphatic heterocycles. The minimum Gasteiger partial charge on any atom is -0.338 e. The summed E-state index contributed by atoms with van der Waals surface area (Å²) in [5.41, 5.74) is 2.42. The lowest BCUT2D eigenvalue weighted by Gasteiger charge is -2.35. The first-order chi connectivity index (χ1) is 13.4. The predicted octanol–water partition coefficient (Wildman–Crippen LogP) is 4.25. The summed E-state index contributed by atoms with van der Waals surface area (Å²) in [4.78, 5) is 27.4. The number of hydrogen-bond donors (Lipinski definition) is 2. The molecular weight excluding hydrogens is 386 g/mol. The summed E-state index contributed by atoms with van der Waals surface area (Å²) in [6.45, 7) is 10.1. The average molecular weight is 422 g/mol. The van der Waals surface area contributed by atoms with Crippen molar-refractivity contribution >= 4 is 29.9 Å². The van der Waals surface area contributed by atoms with Gasteiger partial charge in [-0.25, -0.2) is 0 Å². The van der Waals surface area contributed by atoms with Crippen LogP contribution in [0.4, 0.5) is 5.69 Å². The normalized spacial score (nSPS) is 22.7. The van der Waals surface area contributed by atoms with Gasteiger partial charge in [0.25, 0.3) is 5.91 Å². The van der Waals surface area contributed by atoms with Gasteiger partial charge in [-0.15, -0.1) is 12.4 Å². The summed E-state index contributed by atoms with van der Waals surface area (Å²) in [6, 6.07) is 5.67. The number of piperidine rings is 2. The van der Waals surface area contributed by atoms with E-state index in [2.05, 4.69) is 24.5 Å². The molecule has 0 radical (unpaired) electrons. The predicted molar refractivity (Wildman–Crippen MR) is 121 cm³/mol. The van der Waals surface area contributed by atoms with Crippen molar-refractivity contribution in [1.82, 2.24) is 10.2 Å². The molecule has 3 rings (SSSR count). The Kier molecular flexibility index (Phi) is 8.97. The van der Waals surface area contributed by atoms with Crippen LogP contribution in [-0.4, -0.2) is 42.9 Å². The monoisotopic (exact) mass is 421 g/mol. The van der Waals surface area contributed by atoms with E-state index in [1.807, 2.05) is 30.0 Å². The maximum Gasteiger partial charge on any atom is 0.253 e. The number of hydrogen-bond acceptors (Lipinski definition) is 3. The second-order valence-electron chi connectivity index (χ2n) is 8.97. The van der Waals surface area contributed by atoms with Crippen molar-refractivity contribution < 1.29 is 9.59 Å². The van der Waals surface area contributed by atoms with Crippen molar-refractivity contribution in [2.24, 2.45) is 17.8 Å². The number of benzene rings is 1. The zero-order valence-electron chi connectivity index (χ0n) is 18.0. The number of aryl methyl sites for hydroxylation is 1. The fourth-order valence-corrected chi connectivity index (χ4v) is 4.62. The van der Waals surface area contributed by atoms with Crippen LogP contribution in [0.25, 0.3) is 0 Å². The molecule has 2 atom stereocenters. The van der Waals surface area contributed by atoms with Gasteiger partial charge in [0.2, 0.25) is 5.91 Å². The Bertz CT molecular complexity index is 693. The first-order valence-electron chi connectivity index (χ1n) is 10.8. The van der Waals surface area contributed by atoms with Gasteiger partial charge in [-0.05, 0) is 81.1 Å². The molecule has 2 fully saturated rings. The van der Waals surface area contributed by atoms with Crippen molar-refractivity contribution in [1.29, 1.82) is 0 Å². The molecule has 0 spiro atoms. The summed E-state index contributed by atoms with van der Waals surface area (Å²) in [5, 5.41) is 6.40. The second kappa shape index (κ2) is 11.0. The van der Waals surface area contributed by atoms with Crippen LogP contribution in [0.5, 0.6) is 0 Å². The van der Waals surface area contributed by atoms with E-state index in [9.17, 15) is 9.59 Å². The molecule has 6 heteroatoms. The van der Waals surface area contributed by atoms with Crippen molar-refractivity contribution in [2.45, 2.75) is 52.9 Å². The van der Waals surface area contributed by atoms with Crippen molar-refractivity contribution in [3.05, 3.63) is 29.3 Å². The zero-order chi connectivity index (χ0) is 20.1. The van der Waals surface area contributed by atoms with E-state index in [-0.39, 0.29) is 24.2 Å². The molecule has 0 saturated carbocycles. The largest absolute Gasteiger partial charge is 0.338 e. The third-order valence-electron chi connectivity index (χ3n) is 6.15. The minimum atomic E-state index is 0. The average Bonchev–Trinajstić information content (AvgIpc) is 2.67. The van der Waals surface area contributed by atoms with E-state index in [0.29, 0.717) is 29.7 Å². The molecule has 2 amide bonds. The number of nitrogens with one attached hydrogen (secondary N) is 2. The van der Waals surface area contributed by atoms with Crippen LogP contribution in [0.3, 0.4) is 0 Å². The maximum absolute atomic E-state index is 13.0.